The third-order valence-corrected chi connectivity index (χ3v) is 4.22. The Bertz CT molecular complexity index is 317. The maximum atomic E-state index is 11.9. The molecule has 0 spiro atoms. The molecule has 0 unspecified atom stereocenters. The smallest absolute Gasteiger partial charge is 0.329 e. The van der Waals surface area contributed by atoms with E-state index in [1.165, 1.54) is 0 Å². The highest BCUT2D eigenvalue weighted by Gasteiger charge is 2.41. The predicted octanol–water partition coefficient (Wildman–Crippen LogP) is 2.28. The minimum atomic E-state index is -1.03. The maximum Gasteiger partial charge on any atom is 0.329 e. The van der Waals surface area contributed by atoms with Crippen molar-refractivity contribution in [2.45, 2.75) is 52.0 Å². The largest absolute Gasteiger partial charge is 0.480 e. The molecule has 1 aliphatic rings. The number of thioether (sulfide) groups is 1. The van der Waals surface area contributed by atoms with Crippen LogP contribution < -0.4 is 5.32 Å². The van der Waals surface area contributed by atoms with Crippen LogP contribution in [0.1, 0.15) is 46.5 Å². The van der Waals surface area contributed by atoms with Gasteiger partial charge in [-0.15, -0.1) is 0 Å². The van der Waals surface area contributed by atoms with E-state index in [0.717, 1.165) is 17.9 Å². The summed E-state index contributed by atoms with van der Waals surface area (Å²) in [5, 5.41) is 12.1. The third-order valence-electron chi connectivity index (χ3n) is 3.24. The molecule has 0 aromatic carbocycles. The van der Waals surface area contributed by atoms with Gasteiger partial charge in [0.2, 0.25) is 5.91 Å². The van der Waals surface area contributed by atoms with Gasteiger partial charge in [0.25, 0.3) is 0 Å². The number of carbonyl (C=O) groups is 2. The second-order valence-corrected chi connectivity index (χ2v) is 7.33. The SMILES string of the molecule is CC(C)(C)CCC(=O)NC1(C(=O)O)CCSCC1. The predicted molar refractivity (Wildman–Crippen MR) is 73.8 cm³/mol. The van der Waals surface area contributed by atoms with Crippen LogP contribution in [0.2, 0.25) is 0 Å². The van der Waals surface area contributed by atoms with Gasteiger partial charge in [-0.05, 0) is 36.2 Å². The molecule has 0 atom stereocenters. The van der Waals surface area contributed by atoms with Crippen LogP contribution in [0.5, 0.6) is 0 Å². The van der Waals surface area contributed by atoms with Crippen LogP contribution in [0.15, 0.2) is 0 Å². The first-order chi connectivity index (χ1) is 8.25. The van der Waals surface area contributed by atoms with Crippen LogP contribution in [0, 0.1) is 5.41 Å². The summed E-state index contributed by atoms with van der Waals surface area (Å²) in [6.45, 7) is 6.22. The minimum absolute atomic E-state index is 0.0934. The lowest BCUT2D eigenvalue weighted by Gasteiger charge is -2.34. The van der Waals surface area contributed by atoms with Crippen molar-refractivity contribution < 1.29 is 14.7 Å². The molecule has 0 saturated carbocycles. The Morgan fingerprint density at radius 1 is 1.28 bits per heavy atom. The van der Waals surface area contributed by atoms with Crippen molar-refractivity contribution in [3.8, 4) is 0 Å². The van der Waals surface area contributed by atoms with E-state index in [1.54, 1.807) is 11.8 Å². The van der Waals surface area contributed by atoms with Gasteiger partial charge >= 0.3 is 5.97 Å². The number of hydrogen-bond donors (Lipinski definition) is 2. The minimum Gasteiger partial charge on any atom is -0.480 e. The molecular formula is C13H23NO3S. The first-order valence-electron chi connectivity index (χ1n) is 6.37. The van der Waals surface area contributed by atoms with Gasteiger partial charge < -0.3 is 10.4 Å². The van der Waals surface area contributed by atoms with Crippen LogP contribution in [0.4, 0.5) is 0 Å². The van der Waals surface area contributed by atoms with Crippen LogP contribution >= 0.6 is 11.8 Å². The van der Waals surface area contributed by atoms with Crippen molar-refractivity contribution in [2.75, 3.05) is 11.5 Å². The standard InChI is InChI=1S/C13H23NO3S/c1-12(2,3)5-4-10(15)14-13(11(16)17)6-8-18-9-7-13/h4-9H2,1-3H3,(H,14,15)(H,16,17). The number of rotatable bonds is 4. The molecule has 0 bridgehead atoms. The van der Waals surface area contributed by atoms with E-state index < -0.39 is 11.5 Å². The molecular weight excluding hydrogens is 250 g/mol. The second kappa shape index (κ2) is 5.95. The number of nitrogens with one attached hydrogen (secondary N) is 1. The summed E-state index contributed by atoms with van der Waals surface area (Å²) in [6.07, 6.45) is 2.21. The molecule has 104 valence electrons. The lowest BCUT2D eigenvalue weighted by molar-refractivity contribution is -0.148. The van der Waals surface area contributed by atoms with Gasteiger partial charge in [0.05, 0.1) is 0 Å². The summed E-state index contributed by atoms with van der Waals surface area (Å²) in [7, 11) is 0. The zero-order valence-electron chi connectivity index (χ0n) is 11.4. The van der Waals surface area contributed by atoms with Crippen molar-refractivity contribution >= 4 is 23.6 Å². The van der Waals surface area contributed by atoms with Gasteiger partial charge in [0.15, 0.2) is 0 Å². The lowest BCUT2D eigenvalue weighted by atomic mass is 9.89. The van der Waals surface area contributed by atoms with E-state index >= 15 is 0 Å². The van der Waals surface area contributed by atoms with Gasteiger partial charge in [-0.1, -0.05) is 20.8 Å². The summed E-state index contributed by atoms with van der Waals surface area (Å²) in [6, 6.07) is 0. The molecule has 18 heavy (non-hydrogen) atoms. The van der Waals surface area contributed by atoms with Crippen LogP contribution in [0.25, 0.3) is 0 Å². The highest BCUT2D eigenvalue weighted by atomic mass is 32.2. The first kappa shape index (κ1) is 15.3. The maximum absolute atomic E-state index is 11.9. The molecule has 0 aromatic rings. The Balaban J connectivity index is 2.56. The lowest BCUT2D eigenvalue weighted by Crippen LogP contribution is -2.56. The number of carboxylic acid groups (broad SMARTS) is 1. The summed E-state index contributed by atoms with van der Waals surface area (Å²) in [5.41, 5.74) is -0.934. The summed E-state index contributed by atoms with van der Waals surface area (Å²) in [5.74, 6) is 0.559. The Kier molecular flexibility index (Phi) is 5.08. The molecule has 5 heteroatoms. The fraction of sp³-hybridized carbons (Fsp3) is 0.846. The third kappa shape index (κ3) is 4.52. The highest BCUT2D eigenvalue weighted by Crippen LogP contribution is 2.28. The molecule has 1 rings (SSSR count). The fourth-order valence-corrected chi connectivity index (χ4v) is 3.12. The topological polar surface area (TPSA) is 66.4 Å². The number of carbonyl (C=O) groups excluding carboxylic acids is 1. The van der Waals surface area contributed by atoms with Crippen molar-refractivity contribution in [2.24, 2.45) is 5.41 Å². The zero-order valence-corrected chi connectivity index (χ0v) is 12.2. The quantitative estimate of drug-likeness (QED) is 0.824. The normalized spacial score (nSPS) is 19.3. The summed E-state index contributed by atoms with van der Waals surface area (Å²) in [4.78, 5) is 23.3. The van der Waals surface area contributed by atoms with E-state index in [0.29, 0.717) is 19.3 Å². The summed E-state index contributed by atoms with van der Waals surface area (Å²) >= 11 is 1.74. The van der Waals surface area contributed by atoms with Gasteiger partial charge in [-0.25, -0.2) is 4.79 Å². The molecule has 1 heterocycles. The molecule has 1 fully saturated rings. The van der Waals surface area contributed by atoms with Crippen molar-refractivity contribution in [1.82, 2.24) is 5.32 Å². The van der Waals surface area contributed by atoms with Crippen LogP contribution in [-0.2, 0) is 9.59 Å². The molecule has 1 saturated heterocycles. The second-order valence-electron chi connectivity index (χ2n) is 6.11. The first-order valence-corrected chi connectivity index (χ1v) is 7.53. The number of amides is 1. The van der Waals surface area contributed by atoms with Gasteiger partial charge in [-0.2, -0.15) is 11.8 Å². The Labute approximate surface area is 113 Å². The van der Waals surface area contributed by atoms with E-state index in [-0.39, 0.29) is 11.3 Å². The van der Waals surface area contributed by atoms with E-state index in [4.69, 9.17) is 0 Å². The molecule has 1 aliphatic heterocycles. The highest BCUT2D eigenvalue weighted by molar-refractivity contribution is 7.99. The molecule has 0 aromatic heterocycles. The van der Waals surface area contributed by atoms with Crippen LogP contribution in [0.3, 0.4) is 0 Å². The molecule has 4 nitrogen and oxygen atoms in total. The molecule has 1 amide bonds. The number of aliphatic carboxylic acids is 1. The zero-order chi connectivity index (χ0) is 13.8. The number of hydrogen-bond acceptors (Lipinski definition) is 3. The van der Waals surface area contributed by atoms with Crippen molar-refractivity contribution in [1.29, 1.82) is 0 Å². The molecule has 0 radical (unpaired) electrons. The van der Waals surface area contributed by atoms with Crippen molar-refractivity contribution in [3.05, 3.63) is 0 Å². The van der Waals surface area contributed by atoms with Gasteiger partial charge in [0.1, 0.15) is 5.54 Å². The monoisotopic (exact) mass is 273 g/mol. The molecule has 2 N–H and O–H groups in total. The van der Waals surface area contributed by atoms with Crippen LogP contribution in [-0.4, -0.2) is 34.0 Å². The average molecular weight is 273 g/mol. The Morgan fingerprint density at radius 3 is 2.28 bits per heavy atom. The fourth-order valence-electron chi connectivity index (χ4n) is 1.93. The molecule has 0 aliphatic carbocycles. The Hall–Kier alpha value is -0.710. The average Bonchev–Trinajstić information content (AvgIpc) is 2.26. The van der Waals surface area contributed by atoms with Gasteiger partial charge in [0, 0.05) is 6.42 Å². The Morgan fingerprint density at radius 2 is 1.83 bits per heavy atom. The van der Waals surface area contributed by atoms with E-state index in [2.05, 4.69) is 26.1 Å². The number of carboxylic acids is 1. The van der Waals surface area contributed by atoms with Gasteiger partial charge in [-0.3, -0.25) is 4.79 Å². The van der Waals surface area contributed by atoms with Crippen molar-refractivity contribution in [3.63, 3.8) is 0 Å². The summed E-state index contributed by atoms with van der Waals surface area (Å²) < 4.78 is 0. The van der Waals surface area contributed by atoms with E-state index in [1.807, 2.05) is 0 Å². The van der Waals surface area contributed by atoms with E-state index in [9.17, 15) is 14.7 Å².